The smallest absolute Gasteiger partial charge is 0.258 e. The SMILES string of the molecule is CN(CCCC[C@H]1C(=O)N(C)CCCCCOc2ccccc2C(=O)N1C)C(=O)c1ccc2c(c1)OCO2. The Bertz CT molecular complexity index is 1150. The predicted octanol–water partition coefficient (Wildman–Crippen LogP) is 3.82. The van der Waals surface area contributed by atoms with Gasteiger partial charge in [0, 0.05) is 39.8 Å². The van der Waals surface area contributed by atoms with Crippen LogP contribution in [0.5, 0.6) is 17.2 Å². The van der Waals surface area contributed by atoms with Crippen molar-refractivity contribution in [1.29, 1.82) is 0 Å². The molecular weight excluding hydrogens is 486 g/mol. The molecule has 0 aliphatic carbocycles. The Hall–Kier alpha value is -3.75. The number of rotatable bonds is 6. The Kier molecular flexibility index (Phi) is 9.10. The molecule has 0 aromatic heterocycles. The number of nitrogens with zero attached hydrogens (tertiary/aromatic N) is 3. The third-order valence-electron chi connectivity index (χ3n) is 7.15. The summed E-state index contributed by atoms with van der Waals surface area (Å²) in [5.74, 6) is 1.35. The summed E-state index contributed by atoms with van der Waals surface area (Å²) in [5, 5.41) is 0. The summed E-state index contributed by atoms with van der Waals surface area (Å²) in [6.07, 6.45) is 4.56. The second kappa shape index (κ2) is 12.7. The fourth-order valence-electron chi connectivity index (χ4n) is 4.80. The van der Waals surface area contributed by atoms with Crippen molar-refractivity contribution >= 4 is 17.7 Å². The first-order chi connectivity index (χ1) is 18.4. The molecule has 2 aromatic rings. The molecule has 0 fully saturated rings. The average Bonchev–Trinajstić information content (AvgIpc) is 3.41. The lowest BCUT2D eigenvalue weighted by Crippen LogP contribution is -2.48. The van der Waals surface area contributed by atoms with Gasteiger partial charge in [-0.05, 0) is 68.9 Å². The molecule has 1 atom stereocenters. The number of carbonyl (C=O) groups is 3. The first-order valence-corrected chi connectivity index (χ1v) is 13.3. The van der Waals surface area contributed by atoms with Crippen molar-refractivity contribution in [2.45, 2.75) is 44.6 Å². The van der Waals surface area contributed by atoms with E-state index in [1.807, 2.05) is 12.1 Å². The van der Waals surface area contributed by atoms with Gasteiger partial charge < -0.3 is 28.9 Å². The lowest BCUT2D eigenvalue weighted by molar-refractivity contribution is -0.134. The van der Waals surface area contributed by atoms with Gasteiger partial charge in [0.05, 0.1) is 12.2 Å². The minimum absolute atomic E-state index is 0.0664. The number of carbonyl (C=O) groups excluding carboxylic acids is 3. The highest BCUT2D eigenvalue weighted by Crippen LogP contribution is 2.32. The first kappa shape index (κ1) is 27.3. The lowest BCUT2D eigenvalue weighted by Gasteiger charge is -2.31. The van der Waals surface area contributed by atoms with Gasteiger partial charge in [0.2, 0.25) is 12.7 Å². The van der Waals surface area contributed by atoms with Gasteiger partial charge in [-0.1, -0.05) is 12.1 Å². The van der Waals surface area contributed by atoms with Crippen molar-refractivity contribution in [3.63, 3.8) is 0 Å². The van der Waals surface area contributed by atoms with E-state index in [2.05, 4.69) is 0 Å². The summed E-state index contributed by atoms with van der Waals surface area (Å²) in [5.41, 5.74) is 0.999. The topological polar surface area (TPSA) is 88.6 Å². The largest absolute Gasteiger partial charge is 0.493 e. The molecule has 3 amide bonds. The fraction of sp³-hybridized carbons (Fsp3) is 0.483. The van der Waals surface area contributed by atoms with Gasteiger partial charge in [0.15, 0.2) is 11.5 Å². The van der Waals surface area contributed by atoms with E-state index in [-0.39, 0.29) is 24.5 Å². The van der Waals surface area contributed by atoms with Crippen LogP contribution in [0.1, 0.15) is 59.2 Å². The maximum Gasteiger partial charge on any atom is 0.258 e. The number of para-hydroxylation sites is 1. The van der Waals surface area contributed by atoms with Crippen LogP contribution in [0.15, 0.2) is 42.5 Å². The van der Waals surface area contributed by atoms with Gasteiger partial charge in [-0.3, -0.25) is 14.4 Å². The maximum absolute atomic E-state index is 13.5. The van der Waals surface area contributed by atoms with Crippen LogP contribution >= 0.6 is 0 Å². The highest BCUT2D eigenvalue weighted by molar-refractivity contribution is 5.99. The van der Waals surface area contributed by atoms with Crippen molar-refractivity contribution in [2.24, 2.45) is 0 Å². The Labute approximate surface area is 224 Å². The zero-order chi connectivity index (χ0) is 27.1. The Morgan fingerprint density at radius 3 is 2.58 bits per heavy atom. The van der Waals surface area contributed by atoms with E-state index in [1.54, 1.807) is 66.2 Å². The molecule has 0 bridgehead atoms. The number of benzene rings is 2. The molecule has 9 nitrogen and oxygen atoms in total. The Morgan fingerprint density at radius 2 is 1.74 bits per heavy atom. The van der Waals surface area contributed by atoms with Crippen LogP contribution in [0.2, 0.25) is 0 Å². The monoisotopic (exact) mass is 523 g/mol. The quantitative estimate of drug-likeness (QED) is 0.535. The van der Waals surface area contributed by atoms with Crippen LogP contribution in [0.3, 0.4) is 0 Å². The van der Waals surface area contributed by atoms with Crippen LogP contribution in [0, 0.1) is 0 Å². The maximum atomic E-state index is 13.5. The summed E-state index contributed by atoms with van der Waals surface area (Å²) in [6, 6.07) is 11.8. The number of ether oxygens (including phenoxy) is 3. The average molecular weight is 524 g/mol. The number of hydrogen-bond donors (Lipinski definition) is 0. The summed E-state index contributed by atoms with van der Waals surface area (Å²) < 4.78 is 16.6. The predicted molar refractivity (Wildman–Crippen MR) is 143 cm³/mol. The van der Waals surface area contributed by atoms with Crippen molar-refractivity contribution < 1.29 is 28.6 Å². The number of fused-ring (bicyclic) bond motifs is 2. The minimum Gasteiger partial charge on any atom is -0.493 e. The molecule has 4 rings (SSSR count). The van der Waals surface area contributed by atoms with E-state index in [4.69, 9.17) is 14.2 Å². The second-order valence-corrected chi connectivity index (χ2v) is 9.89. The summed E-state index contributed by atoms with van der Waals surface area (Å²) in [4.78, 5) is 44.7. The molecule has 0 spiro atoms. The molecule has 2 aliphatic heterocycles. The molecule has 2 heterocycles. The van der Waals surface area contributed by atoms with Crippen molar-refractivity contribution in [1.82, 2.24) is 14.7 Å². The van der Waals surface area contributed by atoms with E-state index in [9.17, 15) is 14.4 Å². The lowest BCUT2D eigenvalue weighted by atomic mass is 10.0. The number of likely N-dealkylation sites (N-methyl/N-ethyl adjacent to an activating group) is 2. The van der Waals surface area contributed by atoms with Crippen LogP contribution in [-0.2, 0) is 4.79 Å². The summed E-state index contributed by atoms with van der Waals surface area (Å²) >= 11 is 0. The molecule has 9 heteroatoms. The molecule has 0 N–H and O–H groups in total. The van der Waals surface area contributed by atoms with Crippen molar-refractivity contribution in [3.8, 4) is 17.2 Å². The van der Waals surface area contributed by atoms with Crippen molar-refractivity contribution in [2.75, 3.05) is 47.6 Å². The zero-order valence-electron chi connectivity index (χ0n) is 22.5. The second-order valence-electron chi connectivity index (χ2n) is 9.89. The van der Waals surface area contributed by atoms with E-state index < -0.39 is 6.04 Å². The van der Waals surface area contributed by atoms with E-state index in [1.165, 1.54) is 0 Å². The third kappa shape index (κ3) is 6.38. The number of unbranched alkanes of at least 4 members (excludes halogenated alkanes) is 1. The van der Waals surface area contributed by atoms with Crippen LogP contribution in [-0.4, -0.2) is 86.1 Å². The summed E-state index contributed by atoms with van der Waals surface area (Å²) in [6.45, 7) is 1.86. The molecule has 2 aromatic carbocycles. The van der Waals surface area contributed by atoms with Crippen molar-refractivity contribution in [3.05, 3.63) is 53.6 Å². The summed E-state index contributed by atoms with van der Waals surface area (Å²) in [7, 11) is 5.25. The van der Waals surface area contributed by atoms with Gasteiger partial charge >= 0.3 is 0 Å². The Balaban J connectivity index is 1.40. The van der Waals surface area contributed by atoms with Gasteiger partial charge in [0.1, 0.15) is 11.8 Å². The van der Waals surface area contributed by atoms with E-state index in [0.29, 0.717) is 67.3 Å². The van der Waals surface area contributed by atoms with Crippen LogP contribution in [0.25, 0.3) is 0 Å². The highest BCUT2D eigenvalue weighted by atomic mass is 16.7. The molecule has 38 heavy (non-hydrogen) atoms. The third-order valence-corrected chi connectivity index (χ3v) is 7.15. The first-order valence-electron chi connectivity index (χ1n) is 13.3. The van der Waals surface area contributed by atoms with Gasteiger partial charge in [-0.25, -0.2) is 0 Å². The minimum atomic E-state index is -0.601. The molecule has 204 valence electrons. The normalized spacial score (nSPS) is 18.1. The van der Waals surface area contributed by atoms with Gasteiger partial charge in [-0.2, -0.15) is 0 Å². The van der Waals surface area contributed by atoms with E-state index in [0.717, 1.165) is 19.3 Å². The zero-order valence-corrected chi connectivity index (χ0v) is 22.5. The standard InChI is InChI=1S/C29H37N3O6/c1-30(27(33)21-14-15-25-26(19-21)38-20-37-25)17-9-7-12-23-29(35)31(2)16-8-4-10-18-36-24-13-6-5-11-22(24)28(34)32(23)3/h5-6,11,13-15,19,23H,4,7-10,12,16-18,20H2,1-3H3/t23-/m0/s1. The van der Waals surface area contributed by atoms with E-state index >= 15 is 0 Å². The molecule has 2 aliphatic rings. The number of hydrogen-bond acceptors (Lipinski definition) is 6. The van der Waals surface area contributed by atoms with Crippen LogP contribution < -0.4 is 14.2 Å². The van der Waals surface area contributed by atoms with Gasteiger partial charge in [-0.15, -0.1) is 0 Å². The molecule has 0 radical (unpaired) electrons. The molecule has 0 unspecified atom stereocenters. The fourth-order valence-corrected chi connectivity index (χ4v) is 4.80. The highest BCUT2D eigenvalue weighted by Gasteiger charge is 2.31. The number of amides is 3. The molecule has 0 saturated carbocycles. The van der Waals surface area contributed by atoms with Crippen LogP contribution in [0.4, 0.5) is 0 Å². The molecular formula is C29H37N3O6. The Morgan fingerprint density at radius 1 is 0.947 bits per heavy atom. The molecule has 0 saturated heterocycles. The van der Waals surface area contributed by atoms with Gasteiger partial charge in [0.25, 0.3) is 11.8 Å².